The molecule has 0 radical (unpaired) electrons. The van der Waals surface area contributed by atoms with Gasteiger partial charge in [-0.1, -0.05) is 0 Å². The summed E-state index contributed by atoms with van der Waals surface area (Å²) < 4.78 is 1.71. The molecule has 0 aliphatic rings. The summed E-state index contributed by atoms with van der Waals surface area (Å²) in [6.07, 6.45) is 3.45. The molecule has 0 spiro atoms. The first-order chi connectivity index (χ1) is 11.1. The van der Waals surface area contributed by atoms with Gasteiger partial charge in [0.25, 0.3) is 5.91 Å². The minimum Gasteiger partial charge on any atom is -0.361 e. The Kier molecular flexibility index (Phi) is 2.90. The molecule has 0 saturated carbocycles. The molecule has 1 aromatic carbocycles. The monoisotopic (exact) mass is 305 g/mol. The topological polar surface area (TPSA) is 75.6 Å². The van der Waals surface area contributed by atoms with Crippen molar-refractivity contribution in [2.45, 2.75) is 6.92 Å². The summed E-state index contributed by atoms with van der Waals surface area (Å²) >= 11 is 0. The fourth-order valence-electron chi connectivity index (χ4n) is 2.77. The molecule has 2 N–H and O–H groups in total. The van der Waals surface area contributed by atoms with Crippen molar-refractivity contribution in [1.82, 2.24) is 19.7 Å². The van der Waals surface area contributed by atoms with Crippen molar-refractivity contribution in [1.29, 1.82) is 0 Å². The van der Waals surface area contributed by atoms with Gasteiger partial charge in [0.2, 0.25) is 0 Å². The van der Waals surface area contributed by atoms with E-state index < -0.39 is 0 Å². The number of nitrogens with one attached hydrogen (secondary N) is 2. The molecule has 0 atom stereocenters. The molecule has 0 bridgehead atoms. The summed E-state index contributed by atoms with van der Waals surface area (Å²) in [5.74, 6) is -0.183. The number of rotatable bonds is 2. The third-order valence-electron chi connectivity index (χ3n) is 3.94. The molecule has 4 aromatic rings. The van der Waals surface area contributed by atoms with Gasteiger partial charge in [0.05, 0.1) is 11.3 Å². The molecule has 0 unspecified atom stereocenters. The van der Waals surface area contributed by atoms with E-state index in [2.05, 4.69) is 20.4 Å². The van der Waals surface area contributed by atoms with Gasteiger partial charge < -0.3 is 10.3 Å². The number of pyridine rings is 1. The molecule has 3 heterocycles. The third kappa shape index (κ3) is 2.24. The summed E-state index contributed by atoms with van der Waals surface area (Å²) in [6.45, 7) is 1.91. The van der Waals surface area contributed by atoms with Gasteiger partial charge in [0.15, 0.2) is 5.65 Å². The lowest BCUT2D eigenvalue weighted by Crippen LogP contribution is -2.12. The van der Waals surface area contributed by atoms with Crippen LogP contribution in [0.25, 0.3) is 21.9 Å². The largest absolute Gasteiger partial charge is 0.361 e. The van der Waals surface area contributed by atoms with Crippen molar-refractivity contribution < 1.29 is 4.79 Å². The molecular formula is C17H15N5O. The Hall–Kier alpha value is -3.15. The molecule has 114 valence electrons. The number of H-pyrrole nitrogens is 1. The number of aromatic nitrogens is 4. The van der Waals surface area contributed by atoms with Crippen molar-refractivity contribution in [2.24, 2.45) is 7.05 Å². The van der Waals surface area contributed by atoms with Gasteiger partial charge in [-0.15, -0.1) is 0 Å². The predicted octanol–water partition coefficient (Wildman–Crippen LogP) is 3.01. The molecule has 0 saturated heterocycles. The highest BCUT2D eigenvalue weighted by molar-refractivity contribution is 6.06. The average Bonchev–Trinajstić information content (AvgIpc) is 3.11. The summed E-state index contributed by atoms with van der Waals surface area (Å²) in [5, 5.41) is 9.18. The van der Waals surface area contributed by atoms with Crippen LogP contribution in [-0.2, 0) is 7.05 Å². The lowest BCUT2D eigenvalue weighted by Gasteiger charge is -2.05. The second-order valence-corrected chi connectivity index (χ2v) is 5.54. The Bertz CT molecular complexity index is 1040. The van der Waals surface area contributed by atoms with Gasteiger partial charge in [-0.3, -0.25) is 9.48 Å². The van der Waals surface area contributed by atoms with Crippen LogP contribution >= 0.6 is 0 Å². The molecule has 6 heteroatoms. The van der Waals surface area contributed by atoms with Crippen molar-refractivity contribution in [3.63, 3.8) is 0 Å². The summed E-state index contributed by atoms with van der Waals surface area (Å²) in [4.78, 5) is 19.9. The number of fused-ring (bicyclic) bond motifs is 2. The predicted molar refractivity (Wildman–Crippen MR) is 89.5 cm³/mol. The molecular weight excluding hydrogens is 290 g/mol. The smallest absolute Gasteiger partial charge is 0.257 e. The van der Waals surface area contributed by atoms with Gasteiger partial charge in [-0.2, -0.15) is 5.10 Å². The zero-order valence-electron chi connectivity index (χ0n) is 12.8. The molecule has 0 aliphatic heterocycles. The first-order valence-corrected chi connectivity index (χ1v) is 7.30. The standard InChI is InChI=1S/C17H15N5O/c1-10-14-8-12(9-19-16(14)22(2)21-10)17(23)20-13-3-4-15-11(7-13)5-6-18-15/h3-9,18H,1-2H3,(H,20,23). The second-order valence-electron chi connectivity index (χ2n) is 5.54. The van der Waals surface area contributed by atoms with E-state index in [0.29, 0.717) is 5.56 Å². The minimum atomic E-state index is -0.183. The van der Waals surface area contributed by atoms with Crippen LogP contribution < -0.4 is 5.32 Å². The van der Waals surface area contributed by atoms with E-state index in [1.807, 2.05) is 50.5 Å². The van der Waals surface area contributed by atoms with E-state index in [1.165, 1.54) is 0 Å². The Morgan fingerprint density at radius 2 is 2.13 bits per heavy atom. The first kappa shape index (κ1) is 13.5. The van der Waals surface area contributed by atoms with Crippen molar-refractivity contribution in [2.75, 3.05) is 5.32 Å². The van der Waals surface area contributed by atoms with Crippen LogP contribution in [0.5, 0.6) is 0 Å². The number of hydrogen-bond acceptors (Lipinski definition) is 3. The van der Waals surface area contributed by atoms with E-state index in [4.69, 9.17) is 0 Å². The van der Waals surface area contributed by atoms with Crippen LogP contribution in [0.2, 0.25) is 0 Å². The molecule has 4 rings (SSSR count). The number of aromatic amines is 1. The first-order valence-electron chi connectivity index (χ1n) is 7.30. The molecule has 1 amide bonds. The third-order valence-corrected chi connectivity index (χ3v) is 3.94. The van der Waals surface area contributed by atoms with Gasteiger partial charge in [-0.05, 0) is 37.3 Å². The zero-order chi connectivity index (χ0) is 16.0. The summed E-state index contributed by atoms with van der Waals surface area (Å²) in [6, 6.07) is 9.55. The molecule has 0 fully saturated rings. The van der Waals surface area contributed by atoms with Crippen LogP contribution in [0, 0.1) is 6.92 Å². The molecule has 3 aromatic heterocycles. The average molecular weight is 305 g/mol. The van der Waals surface area contributed by atoms with Gasteiger partial charge in [-0.25, -0.2) is 4.98 Å². The zero-order valence-corrected chi connectivity index (χ0v) is 12.8. The van der Waals surface area contributed by atoms with Crippen molar-refractivity contribution in [3.8, 4) is 0 Å². The Labute approximate surface area is 132 Å². The highest BCUT2D eigenvalue weighted by Crippen LogP contribution is 2.20. The lowest BCUT2D eigenvalue weighted by molar-refractivity contribution is 0.102. The molecule has 6 nitrogen and oxygen atoms in total. The van der Waals surface area contributed by atoms with Crippen LogP contribution in [0.15, 0.2) is 42.7 Å². The summed E-state index contributed by atoms with van der Waals surface area (Å²) in [5.41, 5.74) is 3.94. The number of amides is 1. The highest BCUT2D eigenvalue weighted by atomic mass is 16.1. The van der Waals surface area contributed by atoms with Crippen LogP contribution in [0.3, 0.4) is 0 Å². The van der Waals surface area contributed by atoms with Crippen molar-refractivity contribution in [3.05, 3.63) is 54.0 Å². The maximum absolute atomic E-state index is 12.5. The molecule has 23 heavy (non-hydrogen) atoms. The molecule has 0 aliphatic carbocycles. The van der Waals surface area contributed by atoms with Gasteiger partial charge >= 0.3 is 0 Å². The Balaban J connectivity index is 1.66. The van der Waals surface area contributed by atoms with E-state index >= 15 is 0 Å². The van der Waals surface area contributed by atoms with Crippen LogP contribution in [-0.4, -0.2) is 25.7 Å². The van der Waals surface area contributed by atoms with Crippen LogP contribution in [0.4, 0.5) is 5.69 Å². The van der Waals surface area contributed by atoms with E-state index in [1.54, 1.807) is 10.9 Å². The number of nitrogens with zero attached hydrogens (tertiary/aromatic N) is 3. The summed E-state index contributed by atoms with van der Waals surface area (Å²) in [7, 11) is 1.84. The maximum atomic E-state index is 12.5. The highest BCUT2D eigenvalue weighted by Gasteiger charge is 2.12. The fraction of sp³-hybridized carbons (Fsp3) is 0.118. The van der Waals surface area contributed by atoms with Crippen molar-refractivity contribution >= 4 is 33.5 Å². The number of benzene rings is 1. The Morgan fingerprint density at radius 3 is 3.00 bits per heavy atom. The maximum Gasteiger partial charge on any atom is 0.257 e. The number of carbonyl (C=O) groups is 1. The Morgan fingerprint density at radius 1 is 1.26 bits per heavy atom. The van der Waals surface area contributed by atoms with E-state index in [-0.39, 0.29) is 5.91 Å². The fourth-order valence-corrected chi connectivity index (χ4v) is 2.77. The SMILES string of the molecule is Cc1nn(C)c2ncc(C(=O)Nc3ccc4[nH]ccc4c3)cc12. The number of carbonyl (C=O) groups excluding carboxylic acids is 1. The van der Waals surface area contributed by atoms with Gasteiger partial charge in [0, 0.05) is 41.4 Å². The normalized spacial score (nSPS) is 11.2. The van der Waals surface area contributed by atoms with Crippen LogP contribution in [0.1, 0.15) is 16.1 Å². The number of aryl methyl sites for hydroxylation is 2. The number of hydrogen-bond donors (Lipinski definition) is 2. The number of anilines is 1. The lowest BCUT2D eigenvalue weighted by atomic mass is 10.2. The van der Waals surface area contributed by atoms with Gasteiger partial charge in [0.1, 0.15) is 0 Å². The second kappa shape index (κ2) is 4.95. The van der Waals surface area contributed by atoms with E-state index in [9.17, 15) is 4.79 Å². The van der Waals surface area contributed by atoms with E-state index in [0.717, 1.165) is 33.3 Å². The minimum absolute atomic E-state index is 0.183. The quantitative estimate of drug-likeness (QED) is 0.598.